The zero-order chi connectivity index (χ0) is 18.2. The molecule has 3 rings (SSSR count). The first-order chi connectivity index (χ1) is 12.7. The number of anilines is 1. The number of carbonyl (C=O) groups is 1. The lowest BCUT2D eigenvalue weighted by atomic mass is 9.97. The average molecular weight is 350 g/mol. The van der Waals surface area contributed by atoms with Crippen LogP contribution >= 0.6 is 0 Å². The Morgan fingerprint density at radius 3 is 2.69 bits per heavy atom. The molecule has 1 amide bonds. The molecule has 1 N–H and O–H groups in total. The Balaban J connectivity index is 1.50. The molecule has 1 aromatic carbocycles. The molecule has 0 unspecified atom stereocenters. The maximum atomic E-state index is 12.2. The summed E-state index contributed by atoms with van der Waals surface area (Å²) in [7, 11) is 1.97. The molecule has 0 saturated heterocycles. The van der Waals surface area contributed by atoms with Gasteiger partial charge in [0.2, 0.25) is 0 Å². The van der Waals surface area contributed by atoms with E-state index in [1.807, 2.05) is 30.1 Å². The number of nitrogens with zero attached hydrogens (tertiary/aromatic N) is 3. The third-order valence-corrected chi connectivity index (χ3v) is 4.64. The van der Waals surface area contributed by atoms with Crippen LogP contribution in [0.25, 0.3) is 0 Å². The van der Waals surface area contributed by atoms with Crippen LogP contribution in [0.4, 0.5) is 5.82 Å². The maximum Gasteiger partial charge on any atom is 0.271 e. The molecule has 5 nitrogen and oxygen atoms in total. The van der Waals surface area contributed by atoms with E-state index in [0.717, 1.165) is 25.2 Å². The van der Waals surface area contributed by atoms with E-state index < -0.39 is 0 Å². The Labute approximate surface area is 155 Å². The lowest BCUT2D eigenvalue weighted by Gasteiger charge is -2.18. The van der Waals surface area contributed by atoms with Crippen LogP contribution in [0.5, 0.6) is 0 Å². The van der Waals surface area contributed by atoms with E-state index in [1.54, 1.807) is 12.4 Å². The molecule has 1 aliphatic rings. The minimum atomic E-state index is -0.161. The summed E-state index contributed by atoms with van der Waals surface area (Å²) in [5.74, 6) is 0.587. The molecule has 0 spiro atoms. The first kappa shape index (κ1) is 18.1. The van der Waals surface area contributed by atoms with Gasteiger partial charge in [0, 0.05) is 20.1 Å². The summed E-state index contributed by atoms with van der Waals surface area (Å²) >= 11 is 0. The smallest absolute Gasteiger partial charge is 0.271 e. The minimum absolute atomic E-state index is 0.161. The van der Waals surface area contributed by atoms with Gasteiger partial charge in [0.1, 0.15) is 11.5 Å². The van der Waals surface area contributed by atoms with Crippen LogP contribution in [0, 0.1) is 0 Å². The van der Waals surface area contributed by atoms with Crippen molar-refractivity contribution in [2.24, 2.45) is 0 Å². The van der Waals surface area contributed by atoms with E-state index in [0.29, 0.717) is 12.2 Å². The normalized spacial score (nSPS) is 13.8. The quantitative estimate of drug-likeness (QED) is 0.773. The van der Waals surface area contributed by atoms with Gasteiger partial charge in [0.05, 0.1) is 12.4 Å². The fourth-order valence-corrected chi connectivity index (χ4v) is 3.13. The third kappa shape index (κ3) is 5.15. The molecule has 0 fully saturated rings. The molecular weight excluding hydrogens is 324 g/mol. The second-order valence-electron chi connectivity index (χ2n) is 6.72. The second kappa shape index (κ2) is 9.13. The van der Waals surface area contributed by atoms with Crippen molar-refractivity contribution in [3.05, 3.63) is 65.6 Å². The number of allylic oxidation sites excluding steroid dienone is 1. The van der Waals surface area contributed by atoms with E-state index >= 15 is 0 Å². The highest BCUT2D eigenvalue weighted by Crippen LogP contribution is 2.19. The van der Waals surface area contributed by atoms with E-state index in [9.17, 15) is 4.79 Å². The molecule has 5 heteroatoms. The van der Waals surface area contributed by atoms with Gasteiger partial charge in [-0.15, -0.1) is 0 Å². The van der Waals surface area contributed by atoms with E-state index in [2.05, 4.69) is 33.5 Å². The summed E-state index contributed by atoms with van der Waals surface area (Å²) in [5.41, 5.74) is 3.02. The van der Waals surface area contributed by atoms with Gasteiger partial charge in [0.15, 0.2) is 0 Å². The number of hydrogen-bond donors (Lipinski definition) is 1. The van der Waals surface area contributed by atoms with E-state index in [1.165, 1.54) is 30.4 Å². The van der Waals surface area contributed by atoms with Crippen molar-refractivity contribution in [3.63, 3.8) is 0 Å². The Kier molecular flexibility index (Phi) is 6.36. The zero-order valence-corrected chi connectivity index (χ0v) is 15.3. The van der Waals surface area contributed by atoms with Crippen LogP contribution < -0.4 is 10.2 Å². The molecule has 0 atom stereocenters. The van der Waals surface area contributed by atoms with Crippen LogP contribution in [0.2, 0.25) is 0 Å². The maximum absolute atomic E-state index is 12.2. The summed E-state index contributed by atoms with van der Waals surface area (Å²) in [6.07, 6.45) is 11.3. The first-order valence-corrected chi connectivity index (χ1v) is 9.25. The molecule has 1 aliphatic carbocycles. The van der Waals surface area contributed by atoms with Crippen molar-refractivity contribution < 1.29 is 4.79 Å². The topological polar surface area (TPSA) is 58.1 Å². The molecule has 26 heavy (non-hydrogen) atoms. The van der Waals surface area contributed by atoms with E-state index in [-0.39, 0.29) is 5.91 Å². The van der Waals surface area contributed by atoms with E-state index in [4.69, 9.17) is 0 Å². The van der Waals surface area contributed by atoms with Crippen molar-refractivity contribution in [2.75, 3.05) is 18.5 Å². The molecule has 1 heterocycles. The number of amides is 1. The number of rotatable bonds is 7. The average Bonchev–Trinajstić information content (AvgIpc) is 2.69. The Hall–Kier alpha value is -2.69. The third-order valence-electron chi connectivity index (χ3n) is 4.64. The van der Waals surface area contributed by atoms with Crippen LogP contribution in [-0.2, 0) is 6.54 Å². The number of carbonyl (C=O) groups excluding carboxylic acids is 1. The van der Waals surface area contributed by atoms with Crippen LogP contribution in [0.15, 0.2) is 54.4 Å². The van der Waals surface area contributed by atoms with Gasteiger partial charge in [0.25, 0.3) is 5.91 Å². The predicted molar refractivity (Wildman–Crippen MR) is 104 cm³/mol. The largest absolute Gasteiger partial charge is 0.354 e. The molecular formula is C21H26N4O. The first-order valence-electron chi connectivity index (χ1n) is 9.25. The monoisotopic (exact) mass is 350 g/mol. The fourth-order valence-electron chi connectivity index (χ4n) is 3.13. The van der Waals surface area contributed by atoms with Gasteiger partial charge in [-0.3, -0.25) is 4.79 Å². The van der Waals surface area contributed by atoms with Gasteiger partial charge >= 0.3 is 0 Å². The summed E-state index contributed by atoms with van der Waals surface area (Å²) in [4.78, 5) is 22.9. The SMILES string of the molecule is CN(Cc1ccccc1)c1cnc(C(=O)NCCC2=CCCCC2)cn1. The molecule has 136 valence electrons. The second-order valence-corrected chi connectivity index (χ2v) is 6.72. The van der Waals surface area contributed by atoms with Crippen molar-refractivity contribution in [2.45, 2.75) is 38.6 Å². The van der Waals surface area contributed by atoms with Gasteiger partial charge in [-0.05, 0) is 37.7 Å². The zero-order valence-electron chi connectivity index (χ0n) is 15.3. The van der Waals surface area contributed by atoms with Crippen molar-refractivity contribution in [1.29, 1.82) is 0 Å². The van der Waals surface area contributed by atoms with Gasteiger partial charge < -0.3 is 10.2 Å². The molecule has 0 aliphatic heterocycles. The molecule has 0 radical (unpaired) electrons. The van der Waals surface area contributed by atoms with Crippen LogP contribution in [0.3, 0.4) is 0 Å². The Morgan fingerprint density at radius 1 is 1.15 bits per heavy atom. The van der Waals surface area contributed by atoms with Crippen molar-refractivity contribution in [3.8, 4) is 0 Å². The number of aromatic nitrogens is 2. The number of hydrogen-bond acceptors (Lipinski definition) is 4. The van der Waals surface area contributed by atoms with Gasteiger partial charge in [-0.1, -0.05) is 42.0 Å². The highest BCUT2D eigenvalue weighted by Gasteiger charge is 2.10. The molecule has 2 aromatic rings. The number of nitrogens with one attached hydrogen (secondary N) is 1. The predicted octanol–water partition coefficient (Wildman–Crippen LogP) is 3.73. The van der Waals surface area contributed by atoms with Crippen LogP contribution in [-0.4, -0.2) is 29.5 Å². The summed E-state index contributed by atoms with van der Waals surface area (Å²) in [5, 5.41) is 2.94. The standard InChI is InChI=1S/C21H26N4O/c1-25(16-18-10-6-3-7-11-18)20-15-23-19(14-24-20)21(26)22-13-12-17-8-4-2-5-9-17/h3,6-8,10-11,14-15H,2,4-5,9,12-13,16H2,1H3,(H,22,26). The van der Waals surface area contributed by atoms with Crippen molar-refractivity contribution >= 4 is 11.7 Å². The van der Waals surface area contributed by atoms with Gasteiger partial charge in [-0.2, -0.15) is 0 Å². The number of benzene rings is 1. The summed E-state index contributed by atoms with van der Waals surface area (Å²) in [6.45, 7) is 1.40. The van der Waals surface area contributed by atoms with Crippen molar-refractivity contribution in [1.82, 2.24) is 15.3 Å². The molecule has 1 aromatic heterocycles. The Bertz CT molecular complexity index is 740. The lowest BCUT2D eigenvalue weighted by molar-refractivity contribution is 0.0948. The summed E-state index contributed by atoms with van der Waals surface area (Å²) < 4.78 is 0. The minimum Gasteiger partial charge on any atom is -0.354 e. The molecule has 0 saturated carbocycles. The molecule has 0 bridgehead atoms. The highest BCUT2D eigenvalue weighted by molar-refractivity contribution is 5.92. The lowest BCUT2D eigenvalue weighted by Crippen LogP contribution is -2.26. The van der Waals surface area contributed by atoms with Gasteiger partial charge in [-0.25, -0.2) is 9.97 Å². The Morgan fingerprint density at radius 2 is 2.00 bits per heavy atom. The fraction of sp³-hybridized carbons (Fsp3) is 0.381. The summed E-state index contributed by atoms with van der Waals surface area (Å²) in [6, 6.07) is 10.2. The highest BCUT2D eigenvalue weighted by atomic mass is 16.1. The van der Waals surface area contributed by atoms with Crippen LogP contribution in [0.1, 0.15) is 48.2 Å².